The van der Waals surface area contributed by atoms with Gasteiger partial charge in [-0.15, -0.1) is 10.3 Å². The van der Waals surface area contributed by atoms with Crippen LogP contribution in [0.25, 0.3) is 0 Å². The molecule has 1 saturated heterocycles. The topological polar surface area (TPSA) is 100 Å². The van der Waals surface area contributed by atoms with Crippen molar-refractivity contribution in [2.75, 3.05) is 13.2 Å². The first kappa shape index (κ1) is 19.1. The molecule has 24 heavy (non-hydrogen) atoms. The van der Waals surface area contributed by atoms with Gasteiger partial charge in [0.2, 0.25) is 0 Å². The zero-order chi connectivity index (χ0) is 18.3. The van der Waals surface area contributed by atoms with E-state index in [4.69, 9.17) is 14.2 Å². The van der Waals surface area contributed by atoms with E-state index in [-0.39, 0.29) is 18.9 Å². The predicted octanol–water partition coefficient (Wildman–Crippen LogP) is 1.33. The highest BCUT2D eigenvalue weighted by atomic mass is 16.7. The van der Waals surface area contributed by atoms with E-state index in [9.17, 15) is 15.1 Å². The Morgan fingerprint density at radius 2 is 2.04 bits per heavy atom. The molecule has 1 fully saturated rings. The first-order chi connectivity index (χ1) is 10.8. The van der Waals surface area contributed by atoms with Gasteiger partial charge in [-0.05, 0) is 47.6 Å². The maximum Gasteiger partial charge on any atom is 0.412 e. The fraction of sp³-hybridized carbons (Fsp3) is 0.812. The van der Waals surface area contributed by atoms with E-state index in [1.54, 1.807) is 47.6 Å². The lowest BCUT2D eigenvalue weighted by atomic mass is 10.1. The van der Waals surface area contributed by atoms with E-state index in [0.29, 0.717) is 0 Å². The third kappa shape index (κ3) is 3.89. The number of carbonyl (C=O) groups excluding carboxylic acids is 1. The van der Waals surface area contributed by atoms with E-state index in [1.807, 2.05) is 0 Å². The van der Waals surface area contributed by atoms with Crippen molar-refractivity contribution in [3.05, 3.63) is 11.8 Å². The summed E-state index contributed by atoms with van der Waals surface area (Å²) < 4.78 is 16.2. The number of hydrogen-bond donors (Lipinski definition) is 2. The minimum atomic E-state index is -0.939. The molecule has 137 valence electrons. The largest absolute Gasteiger partial charge is 0.413 e. The van der Waals surface area contributed by atoms with Gasteiger partial charge in [-0.2, -0.15) is 0 Å². The number of carbonyl (C=O) groups is 1. The van der Waals surface area contributed by atoms with Crippen LogP contribution in [0.15, 0.2) is 11.8 Å². The first-order valence-electron chi connectivity index (χ1n) is 8.01. The van der Waals surface area contributed by atoms with E-state index >= 15 is 0 Å². The Labute approximate surface area is 142 Å². The molecule has 2 N–H and O–H groups in total. The molecular formula is C16H27N2O6. The zero-order valence-corrected chi connectivity index (χ0v) is 15.1. The van der Waals surface area contributed by atoms with Crippen LogP contribution < -0.4 is 5.32 Å². The van der Waals surface area contributed by atoms with Gasteiger partial charge in [0.05, 0.1) is 18.2 Å². The number of hydrogen-bond acceptors (Lipinski definition) is 6. The Balaban J connectivity index is 1.86. The molecule has 2 rings (SSSR count). The van der Waals surface area contributed by atoms with Crippen LogP contribution in [0.3, 0.4) is 0 Å². The zero-order valence-electron chi connectivity index (χ0n) is 15.1. The lowest BCUT2D eigenvalue weighted by Crippen LogP contribution is -2.47. The number of nitrogens with zero attached hydrogens (tertiary/aromatic N) is 1. The van der Waals surface area contributed by atoms with Gasteiger partial charge in [0.1, 0.15) is 17.4 Å². The van der Waals surface area contributed by atoms with E-state index < -0.39 is 35.2 Å². The Morgan fingerprint density at radius 3 is 2.50 bits per heavy atom. The molecule has 0 aromatic carbocycles. The summed E-state index contributed by atoms with van der Waals surface area (Å²) in [6, 6.07) is 0. The Hall–Kier alpha value is -1.19. The second kappa shape index (κ2) is 6.27. The fourth-order valence-electron chi connectivity index (χ4n) is 2.89. The maximum atomic E-state index is 12.2. The molecule has 2 atom stereocenters. The molecule has 1 amide bonds. The number of alkyl carbamates (subject to hydrolysis) is 1. The minimum absolute atomic E-state index is 0.0405. The number of aliphatic hydroxyl groups is 1. The summed E-state index contributed by atoms with van der Waals surface area (Å²) in [6.07, 6.45) is -0.527. The lowest BCUT2D eigenvalue weighted by molar-refractivity contribution is -0.242. The molecule has 0 bridgehead atoms. The van der Waals surface area contributed by atoms with Crippen molar-refractivity contribution < 1.29 is 29.3 Å². The Bertz CT molecular complexity index is 529. The predicted molar refractivity (Wildman–Crippen MR) is 84.2 cm³/mol. The van der Waals surface area contributed by atoms with Crippen LogP contribution in [-0.4, -0.2) is 58.5 Å². The van der Waals surface area contributed by atoms with Crippen molar-refractivity contribution in [3.8, 4) is 0 Å². The molecule has 0 aromatic heterocycles. The average molecular weight is 343 g/mol. The molecular weight excluding hydrogens is 316 g/mol. The highest BCUT2D eigenvalue weighted by Gasteiger charge is 2.48. The molecule has 8 nitrogen and oxygen atoms in total. The van der Waals surface area contributed by atoms with Gasteiger partial charge in [-0.3, -0.25) is 0 Å². The first-order valence-corrected chi connectivity index (χ1v) is 8.01. The van der Waals surface area contributed by atoms with Crippen LogP contribution >= 0.6 is 0 Å². The van der Waals surface area contributed by atoms with Crippen LogP contribution in [0.1, 0.15) is 41.5 Å². The van der Waals surface area contributed by atoms with Crippen LogP contribution in [-0.2, 0) is 19.4 Å². The molecule has 2 aliphatic heterocycles. The van der Waals surface area contributed by atoms with Crippen molar-refractivity contribution in [1.29, 1.82) is 0 Å². The number of amides is 1. The third-order valence-electron chi connectivity index (χ3n) is 4.24. The van der Waals surface area contributed by atoms with Crippen LogP contribution in [0.4, 0.5) is 4.79 Å². The second-order valence-corrected chi connectivity index (χ2v) is 7.72. The molecule has 0 aliphatic carbocycles. The van der Waals surface area contributed by atoms with Crippen molar-refractivity contribution in [2.45, 2.75) is 70.6 Å². The molecule has 8 heteroatoms. The van der Waals surface area contributed by atoms with Gasteiger partial charge in [-0.25, -0.2) is 4.79 Å². The van der Waals surface area contributed by atoms with E-state index in [1.165, 1.54) is 0 Å². The van der Waals surface area contributed by atoms with Crippen molar-refractivity contribution >= 4 is 6.09 Å². The van der Waals surface area contributed by atoms with E-state index in [0.717, 1.165) is 5.06 Å². The van der Waals surface area contributed by atoms with Gasteiger partial charge in [0, 0.05) is 6.54 Å². The number of ether oxygens (including phenoxy) is 3. The standard InChI is InChI=1S/C16H27N2O6/c1-14(2)7-12(15(3,4)18(14)21)23-13(20)17-8-10(19)11-9-22-16(5,6)24-11/h7,10-11,19H,8-9H2,1-6H3,(H,17,20). The smallest absolute Gasteiger partial charge is 0.412 e. The monoisotopic (exact) mass is 343 g/mol. The van der Waals surface area contributed by atoms with Gasteiger partial charge >= 0.3 is 6.09 Å². The lowest BCUT2D eigenvalue weighted by Gasteiger charge is -2.32. The number of hydroxylamine groups is 2. The van der Waals surface area contributed by atoms with Crippen molar-refractivity contribution in [1.82, 2.24) is 10.4 Å². The Kier molecular flexibility index (Phi) is 5.00. The van der Waals surface area contributed by atoms with Crippen LogP contribution in [0, 0.1) is 0 Å². The molecule has 0 spiro atoms. The van der Waals surface area contributed by atoms with E-state index in [2.05, 4.69) is 5.32 Å². The summed E-state index contributed by atoms with van der Waals surface area (Å²) in [5, 5.41) is 25.7. The summed E-state index contributed by atoms with van der Waals surface area (Å²) in [4.78, 5) is 12.0. The molecule has 2 unspecified atom stereocenters. The van der Waals surface area contributed by atoms with Gasteiger partial charge in [0.25, 0.3) is 0 Å². The van der Waals surface area contributed by atoms with Gasteiger partial charge in [-0.1, -0.05) is 0 Å². The number of nitrogens with one attached hydrogen (secondary N) is 1. The molecule has 1 radical (unpaired) electrons. The molecule has 0 saturated carbocycles. The maximum absolute atomic E-state index is 12.2. The molecule has 2 aliphatic rings. The SMILES string of the molecule is CC1(C)OCC(C(O)CNC(=O)OC2=CC(C)(C)N([O])C2(C)C)O1. The fourth-order valence-corrected chi connectivity index (χ4v) is 2.89. The highest BCUT2D eigenvalue weighted by molar-refractivity contribution is 5.69. The molecule has 0 aromatic rings. The normalized spacial score (nSPS) is 29.2. The quantitative estimate of drug-likeness (QED) is 0.799. The number of aliphatic hydroxyl groups excluding tert-OH is 1. The summed E-state index contributed by atoms with van der Waals surface area (Å²) >= 11 is 0. The summed E-state index contributed by atoms with van der Waals surface area (Å²) in [6.45, 7) is 10.6. The van der Waals surface area contributed by atoms with Crippen LogP contribution in [0.2, 0.25) is 0 Å². The van der Waals surface area contributed by atoms with Gasteiger partial charge in [0.15, 0.2) is 5.79 Å². The van der Waals surface area contributed by atoms with Crippen molar-refractivity contribution in [3.63, 3.8) is 0 Å². The van der Waals surface area contributed by atoms with Gasteiger partial charge < -0.3 is 24.6 Å². The van der Waals surface area contributed by atoms with Crippen LogP contribution in [0.5, 0.6) is 0 Å². The minimum Gasteiger partial charge on any atom is -0.413 e. The Morgan fingerprint density at radius 1 is 1.42 bits per heavy atom. The van der Waals surface area contributed by atoms with Crippen molar-refractivity contribution in [2.24, 2.45) is 0 Å². The highest BCUT2D eigenvalue weighted by Crippen LogP contribution is 2.39. The second-order valence-electron chi connectivity index (χ2n) is 7.72. The molecule has 2 heterocycles. The average Bonchev–Trinajstić information content (AvgIpc) is 2.88. The number of rotatable bonds is 4. The summed E-state index contributed by atoms with van der Waals surface area (Å²) in [5.41, 5.74) is -1.69. The summed E-state index contributed by atoms with van der Waals surface area (Å²) in [5.74, 6) is -0.454. The summed E-state index contributed by atoms with van der Waals surface area (Å²) in [7, 11) is 0. The third-order valence-corrected chi connectivity index (χ3v) is 4.24.